The Bertz CT molecular complexity index is 369. The van der Waals surface area contributed by atoms with Crippen molar-refractivity contribution in [3.8, 4) is 5.75 Å². The molecule has 1 aromatic carbocycles. The lowest BCUT2D eigenvalue weighted by molar-refractivity contribution is -0.136. The van der Waals surface area contributed by atoms with Gasteiger partial charge in [0.25, 0.3) is 0 Å². The molecule has 0 aromatic heterocycles. The number of rotatable bonds is 5. The Balaban J connectivity index is 2.75. The normalized spacial score (nSPS) is 11.2. The van der Waals surface area contributed by atoms with Crippen LogP contribution < -0.4 is 4.74 Å². The molecule has 0 aliphatic heterocycles. The van der Waals surface area contributed by atoms with E-state index in [0.717, 1.165) is 0 Å². The Hall–Kier alpha value is -1.58. The maximum atomic E-state index is 13.2. The second kappa shape index (κ2) is 4.96. The number of carboxylic acid groups (broad SMARTS) is 1. The predicted molar refractivity (Wildman–Crippen MR) is 58.5 cm³/mol. The number of carbonyl (C=O) groups is 1. The first kappa shape index (κ1) is 12.5. The van der Waals surface area contributed by atoms with Crippen LogP contribution in [0.4, 0.5) is 4.39 Å². The summed E-state index contributed by atoms with van der Waals surface area (Å²) in [7, 11) is 0. The first-order chi connectivity index (χ1) is 7.38. The van der Waals surface area contributed by atoms with Crippen LogP contribution in [-0.4, -0.2) is 23.4 Å². The number of ether oxygens (including phenoxy) is 1. The van der Waals surface area contributed by atoms with Crippen LogP contribution in [-0.2, 0) is 11.2 Å². The second-order valence-corrected chi connectivity index (χ2v) is 4.19. The van der Waals surface area contributed by atoms with Crippen LogP contribution in [0.3, 0.4) is 0 Å². The number of aliphatic carboxylic acids is 1. The predicted octanol–water partition coefficient (Wildman–Crippen LogP) is 2.44. The van der Waals surface area contributed by atoms with E-state index < -0.39 is 11.6 Å². The van der Waals surface area contributed by atoms with Gasteiger partial charge in [-0.2, -0.15) is 0 Å². The summed E-state index contributed by atoms with van der Waals surface area (Å²) in [6.07, 6.45) is -0.122. The van der Waals surface area contributed by atoms with Gasteiger partial charge < -0.3 is 9.84 Å². The van der Waals surface area contributed by atoms with E-state index >= 15 is 0 Å². The van der Waals surface area contributed by atoms with E-state index in [1.165, 1.54) is 13.8 Å². The van der Waals surface area contributed by atoms with Crippen molar-refractivity contribution in [2.45, 2.75) is 25.9 Å². The number of benzene rings is 1. The molecule has 0 saturated carbocycles. The van der Waals surface area contributed by atoms with Crippen LogP contribution in [0, 0.1) is 0 Å². The average molecular weight is 226 g/mol. The fourth-order valence-electron chi connectivity index (χ4n) is 1.20. The van der Waals surface area contributed by atoms with E-state index in [0.29, 0.717) is 11.3 Å². The van der Waals surface area contributed by atoms with Gasteiger partial charge in [0.05, 0.1) is 6.42 Å². The van der Waals surface area contributed by atoms with Gasteiger partial charge in [0, 0.05) is 5.56 Å². The van der Waals surface area contributed by atoms with Crippen molar-refractivity contribution in [1.29, 1.82) is 0 Å². The number of para-hydroxylation sites is 1. The molecule has 0 unspecified atom stereocenters. The summed E-state index contributed by atoms with van der Waals surface area (Å²) in [6.45, 7) is 2.73. The van der Waals surface area contributed by atoms with Gasteiger partial charge in [0.15, 0.2) is 0 Å². The van der Waals surface area contributed by atoms with Crippen molar-refractivity contribution >= 4 is 5.97 Å². The van der Waals surface area contributed by atoms with Gasteiger partial charge in [0.2, 0.25) is 0 Å². The Kier molecular flexibility index (Phi) is 3.88. The molecular weight excluding hydrogens is 211 g/mol. The van der Waals surface area contributed by atoms with Gasteiger partial charge in [-0.05, 0) is 19.9 Å². The summed E-state index contributed by atoms with van der Waals surface area (Å²) in [5, 5.41) is 8.69. The van der Waals surface area contributed by atoms with Gasteiger partial charge in [-0.25, -0.2) is 4.39 Å². The van der Waals surface area contributed by atoms with Gasteiger partial charge >= 0.3 is 5.97 Å². The third-order valence-electron chi connectivity index (χ3n) is 1.89. The first-order valence-electron chi connectivity index (χ1n) is 5.00. The van der Waals surface area contributed by atoms with Gasteiger partial charge in [0.1, 0.15) is 18.0 Å². The smallest absolute Gasteiger partial charge is 0.307 e. The molecule has 88 valence electrons. The average Bonchev–Trinajstić information content (AvgIpc) is 2.14. The molecule has 0 radical (unpaired) electrons. The largest absolute Gasteiger partial charge is 0.490 e. The Morgan fingerprint density at radius 2 is 2.06 bits per heavy atom. The molecule has 1 N–H and O–H groups in total. The Morgan fingerprint density at radius 3 is 2.62 bits per heavy atom. The summed E-state index contributed by atoms with van der Waals surface area (Å²) in [4.78, 5) is 10.6. The van der Waals surface area contributed by atoms with Gasteiger partial charge in [-0.1, -0.05) is 18.2 Å². The van der Waals surface area contributed by atoms with Gasteiger partial charge in [-0.3, -0.25) is 4.79 Å². The van der Waals surface area contributed by atoms with Crippen molar-refractivity contribution in [1.82, 2.24) is 0 Å². The molecule has 0 saturated heterocycles. The highest BCUT2D eigenvalue weighted by atomic mass is 19.1. The highest BCUT2D eigenvalue weighted by molar-refractivity contribution is 5.71. The summed E-state index contributed by atoms with van der Waals surface area (Å²) in [5.74, 6) is -0.508. The van der Waals surface area contributed by atoms with Crippen LogP contribution in [0.2, 0.25) is 0 Å². The molecule has 0 bridgehead atoms. The highest BCUT2D eigenvalue weighted by Gasteiger charge is 2.17. The minimum atomic E-state index is -1.43. The number of hydrogen-bond donors (Lipinski definition) is 1. The second-order valence-electron chi connectivity index (χ2n) is 4.19. The summed E-state index contributed by atoms with van der Waals surface area (Å²) >= 11 is 0. The minimum Gasteiger partial charge on any atom is -0.490 e. The van der Waals surface area contributed by atoms with E-state index in [4.69, 9.17) is 9.84 Å². The van der Waals surface area contributed by atoms with E-state index in [-0.39, 0.29) is 13.0 Å². The number of halogens is 1. The third-order valence-corrected chi connectivity index (χ3v) is 1.89. The molecular formula is C12H15FO3. The molecule has 4 heteroatoms. The zero-order valence-corrected chi connectivity index (χ0v) is 9.37. The highest BCUT2D eigenvalue weighted by Crippen LogP contribution is 2.20. The van der Waals surface area contributed by atoms with Crippen LogP contribution in [0.5, 0.6) is 5.75 Å². The lowest BCUT2D eigenvalue weighted by Gasteiger charge is -2.16. The molecule has 0 fully saturated rings. The lowest BCUT2D eigenvalue weighted by Crippen LogP contribution is -2.23. The topological polar surface area (TPSA) is 46.5 Å². The van der Waals surface area contributed by atoms with E-state index in [2.05, 4.69) is 0 Å². The summed E-state index contributed by atoms with van der Waals surface area (Å²) < 4.78 is 18.5. The van der Waals surface area contributed by atoms with Crippen molar-refractivity contribution in [2.75, 3.05) is 6.61 Å². The standard InChI is InChI=1S/C12H15FO3/c1-12(2,13)8-16-10-6-4-3-5-9(10)7-11(14)15/h3-6H,7-8H2,1-2H3,(H,14,15). The van der Waals surface area contributed by atoms with E-state index in [1.54, 1.807) is 24.3 Å². The molecule has 3 nitrogen and oxygen atoms in total. The quantitative estimate of drug-likeness (QED) is 0.838. The fraction of sp³-hybridized carbons (Fsp3) is 0.417. The zero-order valence-electron chi connectivity index (χ0n) is 9.37. The lowest BCUT2D eigenvalue weighted by atomic mass is 10.1. The maximum absolute atomic E-state index is 13.2. The summed E-state index contributed by atoms with van der Waals surface area (Å²) in [6, 6.07) is 6.76. The Labute approximate surface area is 93.9 Å². The monoisotopic (exact) mass is 226 g/mol. The minimum absolute atomic E-state index is 0.0936. The van der Waals surface area contributed by atoms with Gasteiger partial charge in [-0.15, -0.1) is 0 Å². The maximum Gasteiger partial charge on any atom is 0.307 e. The van der Waals surface area contributed by atoms with E-state index in [1.807, 2.05) is 0 Å². The molecule has 0 aliphatic carbocycles. The van der Waals surface area contributed by atoms with Crippen LogP contribution in [0.1, 0.15) is 19.4 Å². The molecule has 0 atom stereocenters. The number of alkyl halides is 1. The molecule has 0 aliphatic rings. The molecule has 1 aromatic rings. The van der Waals surface area contributed by atoms with Crippen molar-refractivity contribution < 1.29 is 19.0 Å². The molecule has 0 amide bonds. The van der Waals surface area contributed by atoms with Crippen molar-refractivity contribution in [2.24, 2.45) is 0 Å². The molecule has 0 spiro atoms. The molecule has 16 heavy (non-hydrogen) atoms. The van der Waals surface area contributed by atoms with Crippen LogP contribution in [0.25, 0.3) is 0 Å². The Morgan fingerprint density at radius 1 is 1.44 bits per heavy atom. The van der Waals surface area contributed by atoms with Crippen LogP contribution in [0.15, 0.2) is 24.3 Å². The zero-order chi connectivity index (χ0) is 12.2. The molecule has 1 rings (SSSR count). The third kappa shape index (κ3) is 4.29. The number of hydrogen-bond acceptors (Lipinski definition) is 2. The SMILES string of the molecule is CC(C)(F)COc1ccccc1CC(=O)O. The first-order valence-corrected chi connectivity index (χ1v) is 5.00. The number of carboxylic acids is 1. The summed E-state index contributed by atoms with van der Waals surface area (Å²) in [5.41, 5.74) is -0.879. The van der Waals surface area contributed by atoms with Crippen molar-refractivity contribution in [3.05, 3.63) is 29.8 Å². The molecule has 0 heterocycles. The van der Waals surface area contributed by atoms with Crippen LogP contribution >= 0.6 is 0 Å². The fourth-order valence-corrected chi connectivity index (χ4v) is 1.20. The van der Waals surface area contributed by atoms with Crippen molar-refractivity contribution in [3.63, 3.8) is 0 Å². The van der Waals surface area contributed by atoms with E-state index in [9.17, 15) is 9.18 Å².